The minimum atomic E-state index is -0.961. The van der Waals surface area contributed by atoms with E-state index in [0.717, 1.165) is 16.7 Å². The Morgan fingerprint density at radius 1 is 1.10 bits per heavy atom. The summed E-state index contributed by atoms with van der Waals surface area (Å²) in [6, 6.07) is 7.89. The summed E-state index contributed by atoms with van der Waals surface area (Å²) in [5.74, 6) is -2.86. The molecule has 0 unspecified atom stereocenters. The Bertz CT molecular complexity index is 1140. The summed E-state index contributed by atoms with van der Waals surface area (Å²) in [4.78, 5) is 29.8. The van der Waals surface area contributed by atoms with Crippen molar-refractivity contribution in [3.05, 3.63) is 81.5 Å². The number of aliphatic hydroxyl groups is 1. The molecule has 0 bridgehead atoms. The second-order valence-corrected chi connectivity index (χ2v) is 6.54. The highest BCUT2D eigenvalue weighted by atomic mass is 19.1. The molecule has 1 aromatic heterocycles. The number of carbonyl (C=O) groups excluding carboxylic acids is 1. The standard InChI is InChI=1S/C21H18F3N3O3/c1-12-16(8-9-28)21(30)27(20(25-12)13-2-4-14(22)5-3-13)11-19(29)26-18-7-6-15(23)10-17(18)24/h2-7,10,28H,8-9,11H2,1H3,(H,26,29). The fourth-order valence-electron chi connectivity index (χ4n) is 2.99. The zero-order valence-corrected chi connectivity index (χ0v) is 16.0. The average molecular weight is 417 g/mol. The van der Waals surface area contributed by atoms with Crippen LogP contribution in [-0.4, -0.2) is 27.2 Å². The highest BCUT2D eigenvalue weighted by molar-refractivity contribution is 5.91. The number of aryl methyl sites for hydroxylation is 1. The van der Waals surface area contributed by atoms with Gasteiger partial charge < -0.3 is 10.4 Å². The number of rotatable bonds is 6. The Morgan fingerprint density at radius 3 is 2.40 bits per heavy atom. The number of aromatic nitrogens is 2. The van der Waals surface area contributed by atoms with Crippen LogP contribution in [-0.2, 0) is 17.8 Å². The summed E-state index contributed by atoms with van der Waals surface area (Å²) in [5, 5.41) is 11.5. The third kappa shape index (κ3) is 4.57. The van der Waals surface area contributed by atoms with E-state index in [9.17, 15) is 27.9 Å². The molecule has 0 saturated carbocycles. The number of hydrogen-bond donors (Lipinski definition) is 2. The minimum absolute atomic E-state index is 0.0373. The molecule has 0 fully saturated rings. The number of carbonyl (C=O) groups is 1. The van der Waals surface area contributed by atoms with Gasteiger partial charge in [0.15, 0.2) is 0 Å². The Hall–Kier alpha value is -3.46. The summed E-state index contributed by atoms with van der Waals surface area (Å²) in [6.45, 7) is 0.784. The SMILES string of the molecule is Cc1nc(-c2ccc(F)cc2)n(CC(=O)Nc2ccc(F)cc2F)c(=O)c1CCO. The Labute approximate surface area is 169 Å². The molecule has 9 heteroatoms. The van der Waals surface area contributed by atoms with Gasteiger partial charge in [-0.3, -0.25) is 14.2 Å². The van der Waals surface area contributed by atoms with Gasteiger partial charge in [0, 0.05) is 35.9 Å². The molecule has 1 heterocycles. The van der Waals surface area contributed by atoms with Gasteiger partial charge in [-0.25, -0.2) is 18.2 Å². The number of benzene rings is 2. The average Bonchev–Trinajstić information content (AvgIpc) is 2.70. The normalized spacial score (nSPS) is 10.8. The lowest BCUT2D eigenvalue weighted by molar-refractivity contribution is -0.116. The lowest BCUT2D eigenvalue weighted by Gasteiger charge is -2.16. The van der Waals surface area contributed by atoms with Crippen LogP contribution in [0.25, 0.3) is 11.4 Å². The van der Waals surface area contributed by atoms with Crippen LogP contribution < -0.4 is 10.9 Å². The van der Waals surface area contributed by atoms with Crippen LogP contribution in [0.5, 0.6) is 0 Å². The van der Waals surface area contributed by atoms with Gasteiger partial charge in [-0.1, -0.05) is 0 Å². The fraction of sp³-hybridized carbons (Fsp3) is 0.190. The predicted octanol–water partition coefficient (Wildman–Crippen LogP) is 2.81. The first-order chi connectivity index (χ1) is 14.3. The molecule has 2 N–H and O–H groups in total. The van der Waals surface area contributed by atoms with Crippen molar-refractivity contribution >= 4 is 11.6 Å². The first-order valence-electron chi connectivity index (χ1n) is 9.02. The number of amides is 1. The molecule has 6 nitrogen and oxygen atoms in total. The van der Waals surface area contributed by atoms with E-state index < -0.39 is 35.5 Å². The maximum Gasteiger partial charge on any atom is 0.257 e. The quantitative estimate of drug-likeness (QED) is 0.646. The van der Waals surface area contributed by atoms with E-state index in [1.165, 1.54) is 24.3 Å². The zero-order valence-electron chi connectivity index (χ0n) is 16.0. The smallest absolute Gasteiger partial charge is 0.257 e. The molecule has 30 heavy (non-hydrogen) atoms. The highest BCUT2D eigenvalue weighted by Gasteiger charge is 2.18. The van der Waals surface area contributed by atoms with Crippen LogP contribution in [0.15, 0.2) is 47.3 Å². The Balaban J connectivity index is 2.02. The van der Waals surface area contributed by atoms with E-state index in [-0.39, 0.29) is 30.1 Å². The molecule has 0 aliphatic carbocycles. The second-order valence-electron chi connectivity index (χ2n) is 6.54. The van der Waals surface area contributed by atoms with E-state index in [1.807, 2.05) is 0 Å². The molecule has 0 spiro atoms. The topological polar surface area (TPSA) is 84.2 Å². The first kappa shape index (κ1) is 21.3. The molecule has 0 aliphatic rings. The van der Waals surface area contributed by atoms with E-state index in [2.05, 4.69) is 10.3 Å². The molecule has 3 rings (SSSR count). The van der Waals surface area contributed by atoms with E-state index in [1.54, 1.807) is 6.92 Å². The van der Waals surface area contributed by atoms with Crippen molar-refractivity contribution in [2.45, 2.75) is 19.9 Å². The van der Waals surface area contributed by atoms with Crippen LogP contribution in [0.4, 0.5) is 18.9 Å². The molecule has 1 amide bonds. The number of aliphatic hydroxyl groups excluding tert-OH is 1. The molecule has 0 radical (unpaired) electrons. The second kappa shape index (κ2) is 8.91. The molecule has 0 atom stereocenters. The third-order valence-corrected chi connectivity index (χ3v) is 4.44. The summed E-state index contributed by atoms with van der Waals surface area (Å²) >= 11 is 0. The Morgan fingerprint density at radius 2 is 1.77 bits per heavy atom. The Kier molecular flexibility index (Phi) is 6.31. The fourth-order valence-corrected chi connectivity index (χ4v) is 2.99. The van der Waals surface area contributed by atoms with Crippen molar-refractivity contribution in [3.8, 4) is 11.4 Å². The van der Waals surface area contributed by atoms with Gasteiger partial charge in [0.1, 0.15) is 29.8 Å². The van der Waals surface area contributed by atoms with Crippen LogP contribution in [0.1, 0.15) is 11.3 Å². The van der Waals surface area contributed by atoms with Crippen molar-refractivity contribution in [1.82, 2.24) is 9.55 Å². The zero-order chi connectivity index (χ0) is 21.8. The number of nitrogens with zero attached hydrogens (tertiary/aromatic N) is 2. The van der Waals surface area contributed by atoms with Gasteiger partial charge >= 0.3 is 0 Å². The number of halogens is 3. The van der Waals surface area contributed by atoms with Crippen molar-refractivity contribution in [3.63, 3.8) is 0 Å². The van der Waals surface area contributed by atoms with Crippen LogP contribution >= 0.6 is 0 Å². The van der Waals surface area contributed by atoms with Crippen molar-refractivity contribution in [2.24, 2.45) is 0 Å². The van der Waals surface area contributed by atoms with E-state index in [4.69, 9.17) is 0 Å². The largest absolute Gasteiger partial charge is 0.396 e. The molecule has 156 valence electrons. The van der Waals surface area contributed by atoms with Gasteiger partial charge in [-0.2, -0.15) is 0 Å². The molecular weight excluding hydrogens is 399 g/mol. The van der Waals surface area contributed by atoms with E-state index in [0.29, 0.717) is 17.3 Å². The van der Waals surface area contributed by atoms with Crippen LogP contribution in [0, 0.1) is 24.4 Å². The van der Waals surface area contributed by atoms with Gasteiger partial charge in [-0.05, 0) is 43.3 Å². The monoisotopic (exact) mass is 417 g/mol. The highest BCUT2D eigenvalue weighted by Crippen LogP contribution is 2.19. The molecule has 2 aromatic carbocycles. The van der Waals surface area contributed by atoms with Gasteiger partial charge in [-0.15, -0.1) is 0 Å². The third-order valence-electron chi connectivity index (χ3n) is 4.44. The minimum Gasteiger partial charge on any atom is -0.396 e. The van der Waals surface area contributed by atoms with Gasteiger partial charge in [0.05, 0.1) is 5.69 Å². The summed E-state index contributed by atoms with van der Waals surface area (Å²) < 4.78 is 41.3. The number of hydrogen-bond acceptors (Lipinski definition) is 4. The number of anilines is 1. The maximum absolute atomic E-state index is 13.8. The van der Waals surface area contributed by atoms with Crippen LogP contribution in [0.3, 0.4) is 0 Å². The molecular formula is C21H18F3N3O3. The first-order valence-corrected chi connectivity index (χ1v) is 9.02. The molecule has 3 aromatic rings. The predicted molar refractivity (Wildman–Crippen MR) is 104 cm³/mol. The maximum atomic E-state index is 13.8. The summed E-state index contributed by atoms with van der Waals surface area (Å²) in [7, 11) is 0. The molecule has 0 aliphatic heterocycles. The number of nitrogens with one attached hydrogen (secondary N) is 1. The lowest BCUT2D eigenvalue weighted by atomic mass is 10.1. The van der Waals surface area contributed by atoms with Crippen molar-refractivity contribution in [1.29, 1.82) is 0 Å². The molecule has 0 saturated heterocycles. The van der Waals surface area contributed by atoms with Gasteiger partial charge in [0.25, 0.3) is 5.56 Å². The summed E-state index contributed by atoms with van der Waals surface area (Å²) in [6.07, 6.45) is 0.0373. The lowest BCUT2D eigenvalue weighted by Crippen LogP contribution is -2.33. The van der Waals surface area contributed by atoms with Crippen LogP contribution in [0.2, 0.25) is 0 Å². The van der Waals surface area contributed by atoms with E-state index >= 15 is 0 Å². The van der Waals surface area contributed by atoms with Gasteiger partial charge in [0.2, 0.25) is 5.91 Å². The summed E-state index contributed by atoms with van der Waals surface area (Å²) in [5.41, 5.74) is 0.200. The van der Waals surface area contributed by atoms with Crippen molar-refractivity contribution in [2.75, 3.05) is 11.9 Å². The van der Waals surface area contributed by atoms with Crippen molar-refractivity contribution < 1.29 is 23.1 Å².